The maximum absolute atomic E-state index is 12.2. The van der Waals surface area contributed by atoms with Crippen LogP contribution >= 0.6 is 0 Å². The summed E-state index contributed by atoms with van der Waals surface area (Å²) in [7, 11) is 0. The summed E-state index contributed by atoms with van der Waals surface area (Å²) in [6.07, 6.45) is 7.00. The van der Waals surface area contributed by atoms with Crippen LogP contribution in [-0.2, 0) is 9.53 Å². The van der Waals surface area contributed by atoms with Crippen LogP contribution in [0.25, 0.3) is 6.08 Å². The lowest BCUT2D eigenvalue weighted by atomic mass is 9.58. The number of carbonyl (C=O) groups excluding carboxylic acids is 1. The van der Waals surface area contributed by atoms with Crippen LogP contribution in [0.3, 0.4) is 0 Å². The van der Waals surface area contributed by atoms with E-state index in [0.717, 1.165) is 19.3 Å². The van der Waals surface area contributed by atoms with Crippen molar-refractivity contribution >= 4 is 12.0 Å². The van der Waals surface area contributed by atoms with E-state index in [0.29, 0.717) is 25.5 Å². The molecule has 2 fully saturated rings. The molecule has 1 aliphatic carbocycles. The summed E-state index contributed by atoms with van der Waals surface area (Å²) < 4.78 is 10.9. The highest BCUT2D eigenvalue weighted by atomic mass is 16.5. The predicted octanol–water partition coefficient (Wildman–Crippen LogP) is 2.07. The van der Waals surface area contributed by atoms with E-state index in [1.165, 1.54) is 0 Å². The highest BCUT2D eigenvalue weighted by Gasteiger charge is 2.56. The SMILES string of the molecule is CCOC1CC(O)C12CCN(C(=O)/C=C/c1ccco1)CC2. The monoisotopic (exact) mass is 305 g/mol. The van der Waals surface area contributed by atoms with E-state index in [-0.39, 0.29) is 23.5 Å². The smallest absolute Gasteiger partial charge is 0.246 e. The summed E-state index contributed by atoms with van der Waals surface area (Å²) in [6, 6.07) is 3.60. The van der Waals surface area contributed by atoms with Gasteiger partial charge in [-0.05, 0) is 38.0 Å². The number of nitrogens with zero attached hydrogens (tertiary/aromatic N) is 1. The van der Waals surface area contributed by atoms with Gasteiger partial charge in [0.2, 0.25) is 5.91 Å². The number of piperidine rings is 1. The summed E-state index contributed by atoms with van der Waals surface area (Å²) in [4.78, 5) is 14.0. The third kappa shape index (κ3) is 2.71. The Bertz CT molecular complexity index is 527. The lowest BCUT2D eigenvalue weighted by molar-refractivity contribution is -0.209. The molecule has 0 aromatic carbocycles. The van der Waals surface area contributed by atoms with Crippen molar-refractivity contribution in [3.8, 4) is 0 Å². The fourth-order valence-electron chi connectivity index (χ4n) is 3.61. The van der Waals surface area contributed by atoms with Crippen LogP contribution in [0, 0.1) is 5.41 Å². The van der Waals surface area contributed by atoms with E-state index in [4.69, 9.17) is 9.15 Å². The third-order valence-electron chi connectivity index (χ3n) is 5.05. The number of carbonyl (C=O) groups is 1. The average Bonchev–Trinajstić information content (AvgIpc) is 3.06. The Balaban J connectivity index is 1.56. The number of aliphatic hydroxyl groups is 1. The van der Waals surface area contributed by atoms with Crippen molar-refractivity contribution in [2.45, 2.75) is 38.4 Å². The molecule has 1 amide bonds. The summed E-state index contributed by atoms with van der Waals surface area (Å²) in [6.45, 7) is 3.99. The molecular formula is C17H23NO4. The van der Waals surface area contributed by atoms with E-state index in [9.17, 15) is 9.90 Å². The second-order valence-electron chi connectivity index (χ2n) is 6.10. The molecular weight excluding hydrogens is 282 g/mol. The number of aliphatic hydroxyl groups excluding tert-OH is 1. The Morgan fingerprint density at radius 2 is 2.32 bits per heavy atom. The minimum absolute atomic E-state index is 0.00646. The number of amides is 1. The van der Waals surface area contributed by atoms with Gasteiger partial charge < -0.3 is 19.2 Å². The zero-order chi connectivity index (χ0) is 15.6. The summed E-state index contributed by atoms with van der Waals surface area (Å²) in [5, 5.41) is 10.2. The van der Waals surface area contributed by atoms with Gasteiger partial charge in [0.25, 0.3) is 0 Å². The van der Waals surface area contributed by atoms with Crippen molar-refractivity contribution in [2.75, 3.05) is 19.7 Å². The lowest BCUT2D eigenvalue weighted by Crippen LogP contribution is -2.62. The Hall–Kier alpha value is -1.59. The maximum atomic E-state index is 12.2. The molecule has 2 heterocycles. The van der Waals surface area contributed by atoms with Crippen molar-refractivity contribution in [3.63, 3.8) is 0 Å². The van der Waals surface area contributed by atoms with E-state index < -0.39 is 0 Å². The standard InChI is InChI=1S/C17H23NO4/c1-2-21-15-12-14(19)17(15)7-9-18(10-8-17)16(20)6-5-13-4-3-11-22-13/h3-6,11,14-15,19H,2,7-10,12H2,1H3/b6-5+. The minimum atomic E-state index is -0.292. The normalized spacial score (nSPS) is 27.3. The molecule has 0 bridgehead atoms. The Labute approximate surface area is 130 Å². The molecule has 2 aliphatic rings. The Morgan fingerprint density at radius 1 is 1.55 bits per heavy atom. The number of ether oxygens (including phenoxy) is 1. The van der Waals surface area contributed by atoms with Gasteiger partial charge in [-0.3, -0.25) is 4.79 Å². The molecule has 1 spiro atoms. The largest absolute Gasteiger partial charge is 0.465 e. The molecule has 22 heavy (non-hydrogen) atoms. The number of likely N-dealkylation sites (tertiary alicyclic amines) is 1. The molecule has 1 N–H and O–H groups in total. The summed E-state index contributed by atoms with van der Waals surface area (Å²) in [5.41, 5.74) is -0.141. The minimum Gasteiger partial charge on any atom is -0.465 e. The van der Waals surface area contributed by atoms with Gasteiger partial charge in [-0.15, -0.1) is 0 Å². The first kappa shape index (κ1) is 15.3. The highest BCUT2D eigenvalue weighted by molar-refractivity contribution is 5.91. The first-order valence-corrected chi connectivity index (χ1v) is 7.96. The van der Waals surface area contributed by atoms with Gasteiger partial charge >= 0.3 is 0 Å². The predicted molar refractivity (Wildman–Crippen MR) is 82.0 cm³/mol. The summed E-state index contributed by atoms with van der Waals surface area (Å²) in [5.74, 6) is 0.667. The van der Waals surface area contributed by atoms with Crippen molar-refractivity contribution in [1.82, 2.24) is 4.90 Å². The van der Waals surface area contributed by atoms with Gasteiger partial charge in [0.1, 0.15) is 5.76 Å². The van der Waals surface area contributed by atoms with Gasteiger partial charge in [0, 0.05) is 37.6 Å². The fourth-order valence-corrected chi connectivity index (χ4v) is 3.61. The zero-order valence-electron chi connectivity index (χ0n) is 12.9. The Kier molecular flexibility index (Phi) is 4.36. The van der Waals surface area contributed by atoms with Gasteiger partial charge in [0.05, 0.1) is 18.5 Å². The number of hydrogen-bond acceptors (Lipinski definition) is 4. The van der Waals surface area contributed by atoms with Crippen LogP contribution < -0.4 is 0 Å². The molecule has 120 valence electrons. The second kappa shape index (κ2) is 6.26. The number of rotatable bonds is 4. The highest BCUT2D eigenvalue weighted by Crippen LogP contribution is 2.50. The lowest BCUT2D eigenvalue weighted by Gasteiger charge is -2.56. The molecule has 5 nitrogen and oxygen atoms in total. The molecule has 1 saturated heterocycles. The van der Waals surface area contributed by atoms with Crippen LogP contribution in [0.15, 0.2) is 28.9 Å². The molecule has 5 heteroatoms. The maximum Gasteiger partial charge on any atom is 0.246 e. The van der Waals surface area contributed by atoms with Gasteiger partial charge in [-0.1, -0.05) is 0 Å². The van der Waals surface area contributed by atoms with E-state index in [1.807, 2.05) is 17.9 Å². The number of furan rings is 1. The van der Waals surface area contributed by atoms with Gasteiger partial charge in [0.15, 0.2) is 0 Å². The molecule has 1 aromatic heterocycles. The van der Waals surface area contributed by atoms with Crippen molar-refractivity contribution in [1.29, 1.82) is 0 Å². The molecule has 0 radical (unpaired) electrons. The molecule has 1 aromatic rings. The Morgan fingerprint density at radius 3 is 2.91 bits per heavy atom. The quantitative estimate of drug-likeness (QED) is 0.865. The molecule has 2 unspecified atom stereocenters. The fraction of sp³-hybridized carbons (Fsp3) is 0.588. The first-order chi connectivity index (χ1) is 10.7. The second-order valence-corrected chi connectivity index (χ2v) is 6.10. The molecule has 1 saturated carbocycles. The molecule has 3 rings (SSSR count). The van der Waals surface area contributed by atoms with Crippen LogP contribution in [0.4, 0.5) is 0 Å². The topological polar surface area (TPSA) is 62.9 Å². The van der Waals surface area contributed by atoms with Gasteiger partial charge in [-0.2, -0.15) is 0 Å². The van der Waals surface area contributed by atoms with Crippen LogP contribution in [0.2, 0.25) is 0 Å². The number of hydrogen-bond donors (Lipinski definition) is 1. The summed E-state index contributed by atoms with van der Waals surface area (Å²) >= 11 is 0. The van der Waals surface area contributed by atoms with Crippen LogP contribution in [-0.4, -0.2) is 47.8 Å². The molecule has 2 atom stereocenters. The van der Waals surface area contributed by atoms with Crippen molar-refractivity contribution < 1.29 is 19.1 Å². The van der Waals surface area contributed by atoms with E-state index in [1.54, 1.807) is 24.5 Å². The van der Waals surface area contributed by atoms with E-state index in [2.05, 4.69) is 0 Å². The first-order valence-electron chi connectivity index (χ1n) is 7.96. The van der Waals surface area contributed by atoms with E-state index >= 15 is 0 Å². The van der Waals surface area contributed by atoms with Crippen molar-refractivity contribution in [2.24, 2.45) is 5.41 Å². The van der Waals surface area contributed by atoms with Crippen molar-refractivity contribution in [3.05, 3.63) is 30.2 Å². The zero-order valence-corrected chi connectivity index (χ0v) is 12.9. The molecule has 1 aliphatic heterocycles. The van der Waals surface area contributed by atoms with Gasteiger partial charge in [-0.25, -0.2) is 0 Å². The average molecular weight is 305 g/mol. The van der Waals surface area contributed by atoms with Crippen LogP contribution in [0.5, 0.6) is 0 Å². The van der Waals surface area contributed by atoms with Crippen LogP contribution in [0.1, 0.15) is 31.9 Å². The third-order valence-corrected chi connectivity index (χ3v) is 5.05.